The van der Waals surface area contributed by atoms with Crippen LogP contribution in [-0.4, -0.2) is 18.0 Å². The van der Waals surface area contributed by atoms with Crippen molar-refractivity contribution in [3.05, 3.63) is 35.4 Å². The van der Waals surface area contributed by atoms with Gasteiger partial charge in [0.2, 0.25) is 0 Å². The first kappa shape index (κ1) is 10.7. The van der Waals surface area contributed by atoms with E-state index in [1.54, 1.807) is 6.21 Å². The molecule has 0 aliphatic carbocycles. The molecule has 82 valence electrons. The van der Waals surface area contributed by atoms with Crippen molar-refractivity contribution in [3.63, 3.8) is 0 Å². The van der Waals surface area contributed by atoms with Crippen molar-refractivity contribution in [2.75, 3.05) is 0 Å². The summed E-state index contributed by atoms with van der Waals surface area (Å²) >= 11 is 0. The van der Waals surface area contributed by atoms with Crippen LogP contribution in [0.15, 0.2) is 34.3 Å². The van der Waals surface area contributed by atoms with Gasteiger partial charge in [0.15, 0.2) is 5.84 Å². The third-order valence-corrected chi connectivity index (χ3v) is 2.38. The van der Waals surface area contributed by atoms with Gasteiger partial charge in [-0.15, -0.1) is 0 Å². The molecule has 0 unspecified atom stereocenters. The Bertz CT molecular complexity index is 493. The van der Waals surface area contributed by atoms with Gasteiger partial charge in [0.05, 0.1) is 0 Å². The van der Waals surface area contributed by atoms with Crippen LogP contribution in [0.2, 0.25) is 0 Å². The van der Waals surface area contributed by atoms with Gasteiger partial charge in [-0.1, -0.05) is 45.0 Å². The highest BCUT2D eigenvalue weighted by atomic mass is 16.1. The molecule has 1 aliphatic heterocycles. The van der Waals surface area contributed by atoms with E-state index in [0.29, 0.717) is 5.84 Å². The largest absolute Gasteiger partial charge is 0.272 e. The normalized spacial score (nSPS) is 16.6. The second-order valence-corrected chi connectivity index (χ2v) is 4.84. The second kappa shape index (κ2) is 3.67. The number of hydrogen-bond acceptors (Lipinski definition) is 1. The molecular weight excluding hydrogens is 200 g/mol. The fourth-order valence-electron chi connectivity index (χ4n) is 1.37. The number of amidine groups is 1. The molecule has 1 amide bonds. The van der Waals surface area contributed by atoms with Gasteiger partial charge in [0.25, 0.3) is 5.91 Å². The van der Waals surface area contributed by atoms with E-state index in [-0.39, 0.29) is 5.91 Å². The van der Waals surface area contributed by atoms with Gasteiger partial charge in [-0.05, 0) is 0 Å². The number of carbonyl (C=O) groups excluding carboxylic acids is 1. The lowest BCUT2D eigenvalue weighted by molar-refractivity contribution is -0.124. The monoisotopic (exact) mass is 214 g/mol. The molecule has 1 aliphatic rings. The highest BCUT2D eigenvalue weighted by Gasteiger charge is 2.23. The number of rotatable bonds is 0. The van der Waals surface area contributed by atoms with Gasteiger partial charge < -0.3 is 0 Å². The molecule has 1 aromatic carbocycles. The summed E-state index contributed by atoms with van der Waals surface area (Å²) in [5.74, 6) is 0.381. The summed E-state index contributed by atoms with van der Waals surface area (Å²) in [6, 6.07) is 7.75. The van der Waals surface area contributed by atoms with Crippen molar-refractivity contribution in [1.29, 1.82) is 0 Å². The summed E-state index contributed by atoms with van der Waals surface area (Å²) in [5.41, 5.74) is 1.49. The Hall–Kier alpha value is -1.77. The summed E-state index contributed by atoms with van der Waals surface area (Å²) in [5, 5.41) is 0. The molecule has 0 saturated carbocycles. The van der Waals surface area contributed by atoms with E-state index in [1.165, 1.54) is 0 Å². The molecule has 0 saturated heterocycles. The molecule has 0 spiro atoms. The lowest BCUT2D eigenvalue weighted by Gasteiger charge is -2.12. The average Bonchev–Trinajstić information content (AvgIpc) is 2.61. The van der Waals surface area contributed by atoms with Crippen LogP contribution in [0.1, 0.15) is 31.9 Å². The van der Waals surface area contributed by atoms with Crippen LogP contribution in [0.3, 0.4) is 0 Å². The van der Waals surface area contributed by atoms with E-state index >= 15 is 0 Å². The quantitative estimate of drug-likeness (QED) is 0.654. The van der Waals surface area contributed by atoms with E-state index < -0.39 is 5.41 Å². The second-order valence-electron chi connectivity index (χ2n) is 4.84. The average molecular weight is 214 g/mol. The molecule has 2 rings (SSSR count). The predicted octanol–water partition coefficient (Wildman–Crippen LogP) is 2.44. The lowest BCUT2D eigenvalue weighted by Crippen LogP contribution is -2.19. The molecule has 1 aromatic rings. The number of amides is 1. The van der Waals surface area contributed by atoms with E-state index in [0.717, 1.165) is 11.1 Å². The Balaban J connectivity index is 2.36. The van der Waals surface area contributed by atoms with Gasteiger partial charge in [0.1, 0.15) is 0 Å². The van der Waals surface area contributed by atoms with E-state index in [1.807, 2.05) is 45.0 Å². The summed E-state index contributed by atoms with van der Waals surface area (Å²) < 4.78 is 0. The highest BCUT2D eigenvalue weighted by molar-refractivity contribution is 6.18. The van der Waals surface area contributed by atoms with Gasteiger partial charge >= 0.3 is 0 Å². The van der Waals surface area contributed by atoms with Crippen molar-refractivity contribution >= 4 is 18.0 Å². The lowest BCUT2D eigenvalue weighted by atomic mass is 9.96. The molecule has 0 atom stereocenters. The molecular formula is C13H14N2O. The topological polar surface area (TPSA) is 41.8 Å². The molecule has 1 heterocycles. The Morgan fingerprint density at radius 2 is 1.94 bits per heavy atom. The van der Waals surface area contributed by atoms with Gasteiger partial charge in [-0.25, -0.2) is 4.99 Å². The molecule has 3 heteroatoms. The summed E-state index contributed by atoms with van der Waals surface area (Å²) in [6.45, 7) is 5.55. The predicted molar refractivity (Wildman–Crippen MR) is 65.0 cm³/mol. The van der Waals surface area contributed by atoms with Gasteiger partial charge in [-0.2, -0.15) is 4.99 Å². The fourth-order valence-corrected chi connectivity index (χ4v) is 1.37. The van der Waals surface area contributed by atoms with E-state index in [2.05, 4.69) is 9.98 Å². The van der Waals surface area contributed by atoms with E-state index in [9.17, 15) is 4.79 Å². The molecule has 0 N–H and O–H groups in total. The zero-order valence-corrected chi connectivity index (χ0v) is 9.69. The number of fused-ring (bicyclic) bond motifs is 1. The Kier molecular flexibility index (Phi) is 2.46. The number of nitrogens with zero attached hydrogens (tertiary/aromatic N) is 2. The maximum absolute atomic E-state index is 11.8. The Morgan fingerprint density at radius 1 is 1.25 bits per heavy atom. The first-order valence-corrected chi connectivity index (χ1v) is 5.25. The van der Waals surface area contributed by atoms with Gasteiger partial charge in [0, 0.05) is 22.8 Å². The van der Waals surface area contributed by atoms with Crippen LogP contribution in [0.25, 0.3) is 0 Å². The molecule has 16 heavy (non-hydrogen) atoms. The maximum atomic E-state index is 11.8. The Labute approximate surface area is 94.9 Å². The third-order valence-electron chi connectivity index (χ3n) is 2.38. The van der Waals surface area contributed by atoms with E-state index in [4.69, 9.17) is 0 Å². The smallest absolute Gasteiger partial charge is 0.253 e. The highest BCUT2D eigenvalue weighted by Crippen LogP contribution is 2.19. The van der Waals surface area contributed by atoms with Crippen molar-refractivity contribution in [2.24, 2.45) is 15.4 Å². The third kappa shape index (κ3) is 1.94. The minimum atomic E-state index is -0.458. The summed E-state index contributed by atoms with van der Waals surface area (Å²) in [6.07, 6.45) is 1.74. The van der Waals surface area contributed by atoms with Crippen LogP contribution >= 0.6 is 0 Å². The van der Waals surface area contributed by atoms with Gasteiger partial charge in [-0.3, -0.25) is 4.79 Å². The standard InChI is InChI=1S/C13H14N2O/c1-13(2,3)12(16)15-11-10-7-5-4-6-9(10)8-14-11/h4-8H,1-3H3. The number of benzene rings is 1. The molecule has 0 fully saturated rings. The van der Waals surface area contributed by atoms with Crippen LogP contribution < -0.4 is 0 Å². The number of hydrogen-bond donors (Lipinski definition) is 0. The number of carbonyl (C=O) groups is 1. The minimum Gasteiger partial charge on any atom is -0.272 e. The molecule has 0 bridgehead atoms. The molecule has 0 radical (unpaired) electrons. The van der Waals surface area contributed by atoms with Crippen LogP contribution in [-0.2, 0) is 4.79 Å². The molecule has 3 nitrogen and oxygen atoms in total. The molecule has 0 aromatic heterocycles. The first-order valence-electron chi connectivity index (χ1n) is 5.25. The summed E-state index contributed by atoms with van der Waals surface area (Å²) in [7, 11) is 0. The Morgan fingerprint density at radius 3 is 2.62 bits per heavy atom. The van der Waals surface area contributed by atoms with Crippen LogP contribution in [0.5, 0.6) is 0 Å². The van der Waals surface area contributed by atoms with Crippen LogP contribution in [0.4, 0.5) is 0 Å². The number of aliphatic imine (C=N–C) groups is 2. The zero-order chi connectivity index (χ0) is 11.8. The van der Waals surface area contributed by atoms with Crippen molar-refractivity contribution < 1.29 is 4.79 Å². The van der Waals surface area contributed by atoms with Crippen molar-refractivity contribution in [2.45, 2.75) is 20.8 Å². The van der Waals surface area contributed by atoms with Crippen molar-refractivity contribution in [1.82, 2.24) is 0 Å². The zero-order valence-electron chi connectivity index (χ0n) is 9.69. The minimum absolute atomic E-state index is 0.142. The van der Waals surface area contributed by atoms with Crippen molar-refractivity contribution in [3.8, 4) is 0 Å². The van der Waals surface area contributed by atoms with Crippen LogP contribution in [0, 0.1) is 5.41 Å². The fraction of sp³-hybridized carbons (Fsp3) is 0.308. The first-order chi connectivity index (χ1) is 7.48. The maximum Gasteiger partial charge on any atom is 0.253 e. The summed E-state index contributed by atoms with van der Waals surface area (Å²) in [4.78, 5) is 20.0. The SMILES string of the molecule is CC(C)(C)C(=O)N=C1N=Cc2ccccc21.